The van der Waals surface area contributed by atoms with Gasteiger partial charge in [-0.3, -0.25) is 9.67 Å². The topological polar surface area (TPSA) is 62.1 Å². The van der Waals surface area contributed by atoms with Crippen LogP contribution in [-0.2, 0) is 7.05 Å². The maximum Gasteiger partial charge on any atom is 0.221 e. The molecule has 2 unspecified atom stereocenters. The molecule has 1 aliphatic rings. The minimum atomic E-state index is 0.451. The molecule has 6 heteroatoms. The number of aromatic nitrogens is 4. The Morgan fingerprint density at radius 1 is 1.19 bits per heavy atom. The molecule has 3 aromatic heterocycles. The van der Waals surface area contributed by atoms with Gasteiger partial charge >= 0.3 is 0 Å². The zero-order valence-electron chi connectivity index (χ0n) is 15.2. The first-order valence-corrected chi connectivity index (χ1v) is 8.73. The smallest absolute Gasteiger partial charge is 0.221 e. The highest BCUT2D eigenvalue weighted by atomic mass is 16.5. The molecule has 2 atom stereocenters. The summed E-state index contributed by atoms with van der Waals surface area (Å²) in [6.07, 6.45) is 6.67. The van der Waals surface area contributed by atoms with Gasteiger partial charge in [-0.2, -0.15) is 5.10 Å². The lowest BCUT2D eigenvalue weighted by molar-refractivity contribution is 0.286. The number of hydrogen-bond donors (Lipinski definition) is 0. The van der Waals surface area contributed by atoms with Crippen LogP contribution in [0.25, 0.3) is 11.1 Å². The third-order valence-corrected chi connectivity index (χ3v) is 4.75. The lowest BCUT2D eigenvalue weighted by Gasteiger charge is -2.10. The van der Waals surface area contributed by atoms with Crippen molar-refractivity contribution in [3.63, 3.8) is 0 Å². The summed E-state index contributed by atoms with van der Waals surface area (Å²) in [6.45, 7) is 2.61. The van der Waals surface area contributed by atoms with Gasteiger partial charge < -0.3 is 9.47 Å². The first-order valence-electron chi connectivity index (χ1n) is 8.73. The SMILES string of the molecule is COc1ccc(C2CC2COc2nc(C)ccc2-c2cnn(C)c2)nc1. The van der Waals surface area contributed by atoms with Crippen LogP contribution in [0.1, 0.15) is 23.7 Å². The highest BCUT2D eigenvalue weighted by Gasteiger charge is 2.40. The molecule has 6 nitrogen and oxygen atoms in total. The predicted octanol–water partition coefficient (Wildman–Crippen LogP) is 3.38. The van der Waals surface area contributed by atoms with Crippen molar-refractivity contribution < 1.29 is 9.47 Å². The number of pyridine rings is 2. The van der Waals surface area contributed by atoms with Gasteiger partial charge in [0.05, 0.1) is 26.1 Å². The summed E-state index contributed by atoms with van der Waals surface area (Å²) < 4.78 is 13.1. The summed E-state index contributed by atoms with van der Waals surface area (Å²) in [6, 6.07) is 8.04. The van der Waals surface area contributed by atoms with Crippen LogP contribution in [0, 0.1) is 12.8 Å². The molecule has 1 fully saturated rings. The Balaban J connectivity index is 1.44. The number of rotatable bonds is 6. The first kappa shape index (κ1) is 16.6. The molecule has 0 saturated heterocycles. The van der Waals surface area contributed by atoms with Gasteiger partial charge in [0.15, 0.2) is 0 Å². The fourth-order valence-corrected chi connectivity index (χ4v) is 3.13. The van der Waals surface area contributed by atoms with Crippen LogP contribution in [0.5, 0.6) is 11.6 Å². The largest absolute Gasteiger partial charge is 0.495 e. The monoisotopic (exact) mass is 350 g/mol. The van der Waals surface area contributed by atoms with Crippen molar-refractivity contribution >= 4 is 0 Å². The highest BCUT2D eigenvalue weighted by molar-refractivity contribution is 5.67. The van der Waals surface area contributed by atoms with E-state index in [-0.39, 0.29) is 0 Å². The maximum absolute atomic E-state index is 6.10. The summed E-state index contributed by atoms with van der Waals surface area (Å²) in [7, 11) is 3.56. The molecule has 0 spiro atoms. The number of aryl methyl sites for hydroxylation is 2. The minimum absolute atomic E-state index is 0.451. The molecule has 0 radical (unpaired) electrons. The summed E-state index contributed by atoms with van der Waals surface area (Å²) in [5.41, 5.74) is 4.03. The van der Waals surface area contributed by atoms with E-state index in [1.54, 1.807) is 18.0 Å². The van der Waals surface area contributed by atoms with Crippen molar-refractivity contribution in [1.82, 2.24) is 19.7 Å². The van der Waals surface area contributed by atoms with E-state index in [4.69, 9.17) is 9.47 Å². The Labute approximate surface area is 152 Å². The molecule has 26 heavy (non-hydrogen) atoms. The fourth-order valence-electron chi connectivity index (χ4n) is 3.13. The van der Waals surface area contributed by atoms with Crippen LogP contribution >= 0.6 is 0 Å². The van der Waals surface area contributed by atoms with Crippen molar-refractivity contribution in [1.29, 1.82) is 0 Å². The maximum atomic E-state index is 6.10. The van der Waals surface area contributed by atoms with E-state index in [2.05, 4.69) is 15.1 Å². The second kappa shape index (κ2) is 6.78. The Morgan fingerprint density at radius 3 is 2.77 bits per heavy atom. The highest BCUT2D eigenvalue weighted by Crippen LogP contribution is 2.47. The van der Waals surface area contributed by atoms with Crippen LogP contribution in [-0.4, -0.2) is 33.5 Å². The molecule has 4 rings (SSSR count). The summed E-state index contributed by atoms with van der Waals surface area (Å²) >= 11 is 0. The third-order valence-electron chi connectivity index (χ3n) is 4.75. The van der Waals surface area contributed by atoms with Crippen molar-refractivity contribution in [3.8, 4) is 22.8 Å². The van der Waals surface area contributed by atoms with Gasteiger partial charge in [-0.25, -0.2) is 4.98 Å². The Kier molecular flexibility index (Phi) is 4.32. The van der Waals surface area contributed by atoms with Gasteiger partial charge in [0.2, 0.25) is 5.88 Å². The molecule has 0 N–H and O–H groups in total. The summed E-state index contributed by atoms with van der Waals surface area (Å²) in [5.74, 6) is 2.38. The van der Waals surface area contributed by atoms with Crippen LogP contribution < -0.4 is 9.47 Å². The molecule has 0 aliphatic heterocycles. The average Bonchev–Trinajstić information content (AvgIpc) is 3.31. The number of nitrogens with zero attached hydrogens (tertiary/aromatic N) is 4. The zero-order valence-corrected chi connectivity index (χ0v) is 15.2. The molecule has 3 heterocycles. The molecule has 1 saturated carbocycles. The van der Waals surface area contributed by atoms with Gasteiger partial charge in [-0.05, 0) is 37.6 Å². The van der Waals surface area contributed by atoms with Gasteiger partial charge in [-0.1, -0.05) is 0 Å². The molecule has 1 aliphatic carbocycles. The first-order chi connectivity index (χ1) is 12.6. The molecule has 0 bridgehead atoms. The average molecular weight is 350 g/mol. The Morgan fingerprint density at radius 2 is 2.08 bits per heavy atom. The standard InChI is InChI=1S/C20H22N4O2/c1-13-4-6-17(15-9-22-24(2)11-15)20(23-13)26-12-14-8-18(14)19-7-5-16(25-3)10-21-19/h4-7,9-11,14,18H,8,12H2,1-3H3. The van der Waals surface area contributed by atoms with E-state index in [1.807, 2.05) is 50.6 Å². The van der Waals surface area contributed by atoms with Crippen molar-refractivity contribution in [2.24, 2.45) is 13.0 Å². The normalized spacial score (nSPS) is 18.6. The van der Waals surface area contributed by atoms with E-state index in [0.717, 1.165) is 34.7 Å². The zero-order chi connectivity index (χ0) is 18.1. The van der Waals surface area contributed by atoms with Crippen molar-refractivity contribution in [2.75, 3.05) is 13.7 Å². The number of hydrogen-bond acceptors (Lipinski definition) is 5. The van der Waals surface area contributed by atoms with E-state index in [0.29, 0.717) is 24.3 Å². The fraction of sp³-hybridized carbons (Fsp3) is 0.350. The predicted molar refractivity (Wildman–Crippen MR) is 98.3 cm³/mol. The van der Waals surface area contributed by atoms with Crippen molar-refractivity contribution in [3.05, 3.63) is 54.2 Å². The van der Waals surface area contributed by atoms with Crippen LogP contribution in [0.3, 0.4) is 0 Å². The van der Waals surface area contributed by atoms with E-state index in [1.165, 1.54) is 0 Å². The molecule has 0 amide bonds. The van der Waals surface area contributed by atoms with E-state index < -0.39 is 0 Å². The second-order valence-electron chi connectivity index (χ2n) is 6.74. The van der Waals surface area contributed by atoms with Crippen LogP contribution in [0.4, 0.5) is 0 Å². The van der Waals surface area contributed by atoms with Crippen molar-refractivity contribution in [2.45, 2.75) is 19.3 Å². The van der Waals surface area contributed by atoms with Crippen LogP contribution in [0.2, 0.25) is 0 Å². The van der Waals surface area contributed by atoms with Gasteiger partial charge in [0.1, 0.15) is 5.75 Å². The van der Waals surface area contributed by atoms with E-state index >= 15 is 0 Å². The molecule has 0 aromatic carbocycles. The van der Waals surface area contributed by atoms with Gasteiger partial charge in [-0.15, -0.1) is 0 Å². The molecule has 3 aromatic rings. The third kappa shape index (κ3) is 3.40. The summed E-state index contributed by atoms with van der Waals surface area (Å²) in [5, 5.41) is 4.24. The second-order valence-corrected chi connectivity index (χ2v) is 6.74. The summed E-state index contributed by atoms with van der Waals surface area (Å²) in [4.78, 5) is 9.08. The lowest BCUT2D eigenvalue weighted by atomic mass is 10.1. The Hall–Kier alpha value is -2.89. The quantitative estimate of drug-likeness (QED) is 0.682. The number of methoxy groups -OCH3 is 1. The lowest BCUT2D eigenvalue weighted by Crippen LogP contribution is -2.04. The minimum Gasteiger partial charge on any atom is -0.495 e. The van der Waals surface area contributed by atoms with Gasteiger partial charge in [0, 0.05) is 47.6 Å². The van der Waals surface area contributed by atoms with Gasteiger partial charge in [0.25, 0.3) is 0 Å². The van der Waals surface area contributed by atoms with Crippen LogP contribution in [0.15, 0.2) is 42.9 Å². The number of ether oxygens (including phenoxy) is 2. The molecular weight excluding hydrogens is 328 g/mol. The molecule has 134 valence electrons. The van der Waals surface area contributed by atoms with E-state index in [9.17, 15) is 0 Å². The molecular formula is C20H22N4O2. The Bertz CT molecular complexity index is 904.